The Hall–Kier alpha value is -3.34. The molecule has 1 saturated heterocycles. The minimum absolute atomic E-state index is 0.00600. The molecule has 5 rings (SSSR count). The van der Waals surface area contributed by atoms with Gasteiger partial charge in [-0.25, -0.2) is 9.97 Å². The number of aromatic nitrogens is 2. The van der Waals surface area contributed by atoms with Gasteiger partial charge >= 0.3 is 0 Å². The highest BCUT2D eigenvalue weighted by atomic mass is 32.1. The van der Waals surface area contributed by atoms with Crippen molar-refractivity contribution in [3.8, 4) is 10.4 Å². The van der Waals surface area contributed by atoms with Gasteiger partial charge in [-0.2, -0.15) is 0 Å². The molecule has 204 valence electrons. The van der Waals surface area contributed by atoms with Gasteiger partial charge in [0.1, 0.15) is 16.5 Å². The van der Waals surface area contributed by atoms with Crippen molar-refractivity contribution in [3.63, 3.8) is 0 Å². The fraction of sp³-hybridized carbons (Fsp3) is 0.379. The number of anilines is 1. The van der Waals surface area contributed by atoms with Crippen molar-refractivity contribution in [1.29, 1.82) is 0 Å². The highest BCUT2D eigenvalue weighted by Crippen LogP contribution is 2.36. The van der Waals surface area contributed by atoms with E-state index >= 15 is 0 Å². The van der Waals surface area contributed by atoms with Crippen molar-refractivity contribution < 1.29 is 9.59 Å². The molecule has 2 atom stereocenters. The summed E-state index contributed by atoms with van der Waals surface area (Å²) in [6.45, 7) is 7.56. The van der Waals surface area contributed by atoms with E-state index in [1.54, 1.807) is 11.3 Å². The Morgan fingerprint density at radius 3 is 2.72 bits per heavy atom. The third-order valence-corrected chi connectivity index (χ3v) is 9.09. The number of carbonyl (C=O) groups is 2. The maximum Gasteiger partial charge on any atom is 0.264 e. The molecular formula is C29H34N6O2S2. The number of amides is 2. The molecule has 0 radical (unpaired) electrons. The van der Waals surface area contributed by atoms with E-state index in [4.69, 9.17) is 4.98 Å². The summed E-state index contributed by atoms with van der Waals surface area (Å²) in [5.74, 6) is 1.31. The van der Waals surface area contributed by atoms with Crippen molar-refractivity contribution in [3.05, 3.63) is 63.6 Å². The van der Waals surface area contributed by atoms with Crippen molar-refractivity contribution in [2.45, 2.75) is 45.8 Å². The molecule has 1 aliphatic rings. The largest absolute Gasteiger partial charge is 0.362 e. The van der Waals surface area contributed by atoms with Crippen LogP contribution < -0.4 is 10.6 Å². The predicted molar refractivity (Wildman–Crippen MR) is 159 cm³/mol. The molecule has 8 nitrogen and oxygen atoms in total. The molecule has 0 saturated carbocycles. The van der Waals surface area contributed by atoms with E-state index in [0.717, 1.165) is 29.0 Å². The molecule has 4 aromatic rings. The van der Waals surface area contributed by atoms with Gasteiger partial charge in [0.2, 0.25) is 5.91 Å². The number of nitrogens with zero attached hydrogens (tertiary/aromatic N) is 4. The summed E-state index contributed by atoms with van der Waals surface area (Å²) in [7, 11) is 4.17. The van der Waals surface area contributed by atoms with E-state index in [-0.39, 0.29) is 23.9 Å². The van der Waals surface area contributed by atoms with Gasteiger partial charge in [-0.1, -0.05) is 24.3 Å². The minimum atomic E-state index is -0.0672. The second kappa shape index (κ2) is 11.4. The predicted octanol–water partition coefficient (Wildman–Crippen LogP) is 5.31. The lowest BCUT2D eigenvalue weighted by Crippen LogP contribution is -2.37. The standard InChI is InChI=1S/C29H34N6O2S2/c1-17(24-10-11-25(38-24)22-9-7-6-8-20(22)15-34(4)5)30-27-23-14-26(39-28(23)32-18(2)31-27)29(37)35-13-12-21(16-35)33-19(3)36/h6-11,14,17,21H,12-13,15-16H2,1-5H3,(H,33,36)(H,30,31,32)/t17?,21-/m0/s1. The second-order valence-electron chi connectivity index (χ2n) is 10.3. The minimum Gasteiger partial charge on any atom is -0.362 e. The summed E-state index contributed by atoms with van der Waals surface area (Å²) >= 11 is 3.18. The first-order chi connectivity index (χ1) is 18.7. The highest BCUT2D eigenvalue weighted by molar-refractivity contribution is 7.20. The second-order valence-corrected chi connectivity index (χ2v) is 12.5. The normalized spacial score (nSPS) is 16.2. The Kier molecular flexibility index (Phi) is 7.97. The molecule has 4 heterocycles. The Morgan fingerprint density at radius 1 is 1.15 bits per heavy atom. The molecule has 1 aromatic carbocycles. The van der Waals surface area contributed by atoms with E-state index in [1.807, 2.05) is 17.9 Å². The summed E-state index contributed by atoms with van der Waals surface area (Å²) in [6, 6.07) is 14.9. The average Bonchev–Trinajstić information content (AvgIpc) is 3.63. The molecule has 1 unspecified atom stereocenters. The molecule has 1 aliphatic heterocycles. The number of thiophene rings is 2. The van der Waals surface area contributed by atoms with Crippen LogP contribution in [-0.4, -0.2) is 64.8 Å². The molecule has 3 aromatic heterocycles. The molecular weight excluding hydrogens is 528 g/mol. The molecule has 0 spiro atoms. The van der Waals surface area contributed by atoms with Crippen LogP contribution in [0.2, 0.25) is 0 Å². The molecule has 0 aliphatic carbocycles. The number of hydrogen-bond donors (Lipinski definition) is 2. The van der Waals surface area contributed by atoms with Gasteiger partial charge in [0.25, 0.3) is 5.91 Å². The van der Waals surface area contributed by atoms with E-state index in [2.05, 4.69) is 77.9 Å². The van der Waals surface area contributed by atoms with Crippen molar-refractivity contribution in [2.75, 3.05) is 32.5 Å². The highest BCUT2D eigenvalue weighted by Gasteiger charge is 2.29. The fourth-order valence-corrected chi connectivity index (χ4v) is 7.11. The Morgan fingerprint density at radius 2 is 1.95 bits per heavy atom. The quantitative estimate of drug-likeness (QED) is 0.302. The third kappa shape index (κ3) is 6.13. The lowest BCUT2D eigenvalue weighted by Gasteiger charge is -2.15. The van der Waals surface area contributed by atoms with Crippen LogP contribution in [0.5, 0.6) is 0 Å². The van der Waals surface area contributed by atoms with Crippen molar-refractivity contribution in [1.82, 2.24) is 25.1 Å². The summed E-state index contributed by atoms with van der Waals surface area (Å²) in [6.07, 6.45) is 0.766. The lowest BCUT2D eigenvalue weighted by atomic mass is 10.1. The summed E-state index contributed by atoms with van der Waals surface area (Å²) in [4.78, 5) is 41.9. The molecule has 39 heavy (non-hydrogen) atoms. The lowest BCUT2D eigenvalue weighted by molar-refractivity contribution is -0.119. The third-order valence-electron chi connectivity index (χ3n) is 6.77. The maximum atomic E-state index is 13.3. The van der Waals surface area contributed by atoms with Gasteiger partial charge in [0.05, 0.1) is 16.3 Å². The molecule has 2 amide bonds. The number of nitrogens with one attached hydrogen (secondary N) is 2. The van der Waals surface area contributed by atoms with E-state index in [1.165, 1.54) is 39.1 Å². The van der Waals surface area contributed by atoms with E-state index in [0.29, 0.717) is 23.8 Å². The Labute approximate surface area is 237 Å². The smallest absolute Gasteiger partial charge is 0.264 e. The van der Waals surface area contributed by atoms with Crippen LogP contribution in [0.4, 0.5) is 5.82 Å². The monoisotopic (exact) mass is 562 g/mol. The van der Waals surface area contributed by atoms with Gasteiger partial charge in [0.15, 0.2) is 0 Å². The molecule has 1 fully saturated rings. The SMILES string of the molecule is CC(=O)N[C@H]1CCN(C(=O)c2cc3c(NC(C)c4ccc(-c5ccccc5CN(C)C)s4)nc(C)nc3s2)C1. The van der Waals surface area contributed by atoms with Crippen molar-refractivity contribution in [2.24, 2.45) is 0 Å². The zero-order valence-electron chi connectivity index (χ0n) is 22.9. The zero-order chi connectivity index (χ0) is 27.7. The number of hydrogen-bond acceptors (Lipinski definition) is 8. The molecule has 10 heteroatoms. The fourth-order valence-electron chi connectivity index (χ4n) is 5.00. The van der Waals surface area contributed by atoms with E-state index in [9.17, 15) is 9.59 Å². The molecule has 2 N–H and O–H groups in total. The summed E-state index contributed by atoms with van der Waals surface area (Å²) in [5.41, 5.74) is 2.57. The first-order valence-electron chi connectivity index (χ1n) is 13.1. The molecule has 0 bridgehead atoms. The Balaban J connectivity index is 1.36. The van der Waals surface area contributed by atoms with Crippen LogP contribution in [-0.2, 0) is 11.3 Å². The van der Waals surface area contributed by atoms with Crippen LogP contribution >= 0.6 is 22.7 Å². The number of carbonyl (C=O) groups excluding carboxylic acids is 2. The van der Waals surface area contributed by atoms with Crippen LogP contribution in [0.15, 0.2) is 42.5 Å². The topological polar surface area (TPSA) is 90.5 Å². The maximum absolute atomic E-state index is 13.3. The van der Waals surface area contributed by atoms with Crippen LogP contribution in [0, 0.1) is 6.92 Å². The number of likely N-dealkylation sites (tertiary alicyclic amines) is 1. The number of aryl methyl sites for hydroxylation is 1. The number of fused-ring (bicyclic) bond motifs is 1. The van der Waals surface area contributed by atoms with Gasteiger partial charge in [0, 0.05) is 42.4 Å². The first kappa shape index (κ1) is 27.2. The van der Waals surface area contributed by atoms with Gasteiger partial charge < -0.3 is 20.4 Å². The van der Waals surface area contributed by atoms with Gasteiger partial charge in [-0.05, 0) is 63.7 Å². The van der Waals surface area contributed by atoms with Crippen LogP contribution in [0.1, 0.15) is 52.2 Å². The van der Waals surface area contributed by atoms with Crippen molar-refractivity contribution >= 4 is 50.5 Å². The van der Waals surface area contributed by atoms with Crippen LogP contribution in [0.25, 0.3) is 20.7 Å². The van der Waals surface area contributed by atoms with Gasteiger partial charge in [-0.3, -0.25) is 9.59 Å². The summed E-state index contributed by atoms with van der Waals surface area (Å²) in [5, 5.41) is 7.36. The number of benzene rings is 1. The van der Waals surface area contributed by atoms with Gasteiger partial charge in [-0.15, -0.1) is 22.7 Å². The summed E-state index contributed by atoms with van der Waals surface area (Å²) < 4.78 is 0. The number of rotatable bonds is 8. The van der Waals surface area contributed by atoms with Crippen LogP contribution in [0.3, 0.4) is 0 Å². The average molecular weight is 563 g/mol. The zero-order valence-corrected chi connectivity index (χ0v) is 24.6. The Bertz CT molecular complexity index is 1510. The van der Waals surface area contributed by atoms with E-state index < -0.39 is 0 Å². The first-order valence-corrected chi connectivity index (χ1v) is 14.7.